The highest BCUT2D eigenvalue weighted by atomic mass is 16.3. The average molecular weight is 388 g/mol. The predicted octanol–water partition coefficient (Wildman–Crippen LogP) is 2.57. The van der Waals surface area contributed by atoms with Gasteiger partial charge in [-0.05, 0) is 23.6 Å². The molecule has 6 nitrogen and oxygen atoms in total. The second-order valence-corrected chi connectivity index (χ2v) is 7.26. The minimum absolute atomic E-state index is 0.00699. The number of aliphatic hydroxyl groups excluding tert-OH is 1. The normalized spacial score (nSPS) is 16.0. The number of amides is 1. The summed E-state index contributed by atoms with van der Waals surface area (Å²) >= 11 is 0. The molecule has 29 heavy (non-hydrogen) atoms. The lowest BCUT2D eigenvalue weighted by molar-refractivity contribution is -0.121. The van der Waals surface area contributed by atoms with E-state index in [9.17, 15) is 4.79 Å². The zero-order valence-corrected chi connectivity index (χ0v) is 16.2. The molecule has 4 rings (SSSR count). The van der Waals surface area contributed by atoms with Crippen molar-refractivity contribution in [1.29, 1.82) is 0 Å². The Kier molecular flexibility index (Phi) is 5.81. The zero-order chi connectivity index (χ0) is 20.1. The number of anilines is 1. The first-order valence-corrected chi connectivity index (χ1v) is 9.83. The predicted molar refractivity (Wildman–Crippen MR) is 112 cm³/mol. The SMILES string of the molecule is O=C(Cc1ccc(CO)cc1)NC1CCN(c2nccc(-c3ccccc3)n2)C1. The molecule has 2 N–H and O–H groups in total. The molecule has 1 saturated heterocycles. The fourth-order valence-electron chi connectivity index (χ4n) is 3.56. The molecule has 148 valence electrons. The van der Waals surface area contributed by atoms with Crippen molar-refractivity contribution in [2.24, 2.45) is 0 Å². The molecule has 2 aromatic carbocycles. The van der Waals surface area contributed by atoms with Crippen molar-refractivity contribution in [3.05, 3.63) is 78.0 Å². The van der Waals surface area contributed by atoms with Crippen LogP contribution in [-0.2, 0) is 17.8 Å². The van der Waals surface area contributed by atoms with E-state index >= 15 is 0 Å². The van der Waals surface area contributed by atoms with E-state index in [1.807, 2.05) is 60.7 Å². The van der Waals surface area contributed by atoms with Gasteiger partial charge in [0, 0.05) is 30.9 Å². The van der Waals surface area contributed by atoms with Crippen molar-refractivity contribution >= 4 is 11.9 Å². The van der Waals surface area contributed by atoms with Crippen molar-refractivity contribution < 1.29 is 9.90 Å². The summed E-state index contributed by atoms with van der Waals surface area (Å²) < 4.78 is 0. The summed E-state index contributed by atoms with van der Waals surface area (Å²) in [6, 6.07) is 19.5. The van der Waals surface area contributed by atoms with Crippen LogP contribution in [0.2, 0.25) is 0 Å². The third kappa shape index (κ3) is 4.78. The molecule has 0 saturated carbocycles. The van der Waals surface area contributed by atoms with Gasteiger partial charge in [0.05, 0.1) is 18.7 Å². The van der Waals surface area contributed by atoms with Crippen LogP contribution in [0.4, 0.5) is 5.95 Å². The molecule has 1 atom stereocenters. The lowest BCUT2D eigenvalue weighted by Gasteiger charge is -2.17. The lowest BCUT2D eigenvalue weighted by atomic mass is 10.1. The molecule has 0 bridgehead atoms. The van der Waals surface area contributed by atoms with Gasteiger partial charge in [0.25, 0.3) is 0 Å². The Morgan fingerprint density at radius 3 is 2.59 bits per heavy atom. The number of aliphatic hydroxyl groups is 1. The molecule has 1 aliphatic rings. The summed E-state index contributed by atoms with van der Waals surface area (Å²) in [5.41, 5.74) is 3.74. The fourth-order valence-corrected chi connectivity index (χ4v) is 3.56. The number of aromatic nitrogens is 2. The van der Waals surface area contributed by atoms with E-state index in [4.69, 9.17) is 10.1 Å². The molecule has 0 spiro atoms. The van der Waals surface area contributed by atoms with Crippen LogP contribution in [0, 0.1) is 0 Å². The van der Waals surface area contributed by atoms with E-state index in [2.05, 4.69) is 15.2 Å². The van der Waals surface area contributed by atoms with Crippen LogP contribution in [0.1, 0.15) is 17.5 Å². The summed E-state index contributed by atoms with van der Waals surface area (Å²) in [7, 11) is 0. The first kappa shape index (κ1) is 19.1. The summed E-state index contributed by atoms with van der Waals surface area (Å²) in [6.07, 6.45) is 2.99. The summed E-state index contributed by atoms with van der Waals surface area (Å²) in [4.78, 5) is 23.6. The van der Waals surface area contributed by atoms with Gasteiger partial charge < -0.3 is 15.3 Å². The molecular weight excluding hydrogens is 364 g/mol. The van der Waals surface area contributed by atoms with E-state index in [0.29, 0.717) is 18.9 Å². The van der Waals surface area contributed by atoms with Gasteiger partial charge in [-0.25, -0.2) is 9.97 Å². The Bertz CT molecular complexity index is 960. The molecule has 2 heterocycles. The Labute approximate surface area is 170 Å². The van der Waals surface area contributed by atoms with Crippen molar-refractivity contribution in [3.8, 4) is 11.3 Å². The molecule has 0 radical (unpaired) electrons. The monoisotopic (exact) mass is 388 g/mol. The van der Waals surface area contributed by atoms with E-state index < -0.39 is 0 Å². The molecule has 1 aromatic heterocycles. The van der Waals surface area contributed by atoms with Gasteiger partial charge in [-0.1, -0.05) is 54.6 Å². The van der Waals surface area contributed by atoms with E-state index in [-0.39, 0.29) is 18.6 Å². The van der Waals surface area contributed by atoms with Gasteiger partial charge in [-0.2, -0.15) is 0 Å². The fraction of sp³-hybridized carbons (Fsp3) is 0.261. The second-order valence-electron chi connectivity index (χ2n) is 7.26. The van der Waals surface area contributed by atoms with Crippen LogP contribution in [-0.4, -0.2) is 40.1 Å². The van der Waals surface area contributed by atoms with Crippen molar-refractivity contribution in [1.82, 2.24) is 15.3 Å². The third-order valence-corrected chi connectivity index (χ3v) is 5.12. The smallest absolute Gasteiger partial charge is 0.225 e. The maximum absolute atomic E-state index is 12.4. The number of hydrogen-bond donors (Lipinski definition) is 2. The Balaban J connectivity index is 1.35. The Morgan fingerprint density at radius 1 is 1.07 bits per heavy atom. The lowest BCUT2D eigenvalue weighted by Crippen LogP contribution is -2.38. The van der Waals surface area contributed by atoms with Crippen LogP contribution in [0.3, 0.4) is 0 Å². The van der Waals surface area contributed by atoms with Crippen LogP contribution in [0.5, 0.6) is 0 Å². The summed E-state index contributed by atoms with van der Waals surface area (Å²) in [5, 5.41) is 12.2. The topological polar surface area (TPSA) is 78.4 Å². The molecule has 3 aromatic rings. The van der Waals surface area contributed by atoms with Gasteiger partial charge >= 0.3 is 0 Å². The number of nitrogens with zero attached hydrogens (tertiary/aromatic N) is 3. The van der Waals surface area contributed by atoms with Crippen LogP contribution in [0.25, 0.3) is 11.3 Å². The van der Waals surface area contributed by atoms with Crippen LogP contribution >= 0.6 is 0 Å². The number of carbonyl (C=O) groups excluding carboxylic acids is 1. The molecule has 1 amide bonds. The maximum Gasteiger partial charge on any atom is 0.225 e. The number of carbonyl (C=O) groups is 1. The van der Waals surface area contributed by atoms with Gasteiger partial charge in [0.2, 0.25) is 11.9 Å². The van der Waals surface area contributed by atoms with Gasteiger partial charge in [0.1, 0.15) is 0 Å². The summed E-state index contributed by atoms with van der Waals surface area (Å²) in [6.45, 7) is 1.53. The second kappa shape index (κ2) is 8.84. The maximum atomic E-state index is 12.4. The van der Waals surface area contributed by atoms with Gasteiger partial charge in [-0.3, -0.25) is 4.79 Å². The van der Waals surface area contributed by atoms with Crippen molar-refractivity contribution in [2.45, 2.75) is 25.5 Å². The first-order valence-electron chi connectivity index (χ1n) is 9.83. The third-order valence-electron chi connectivity index (χ3n) is 5.12. The Hall–Kier alpha value is -3.25. The number of nitrogens with one attached hydrogen (secondary N) is 1. The molecule has 1 aliphatic heterocycles. The molecule has 6 heteroatoms. The van der Waals surface area contributed by atoms with Crippen LogP contribution in [0.15, 0.2) is 66.9 Å². The molecule has 1 fully saturated rings. The highest BCUT2D eigenvalue weighted by Gasteiger charge is 2.25. The minimum Gasteiger partial charge on any atom is -0.392 e. The van der Waals surface area contributed by atoms with E-state index in [1.54, 1.807) is 6.20 Å². The number of rotatable bonds is 6. The first-order chi connectivity index (χ1) is 14.2. The quantitative estimate of drug-likeness (QED) is 0.679. The van der Waals surface area contributed by atoms with Crippen LogP contribution < -0.4 is 10.2 Å². The van der Waals surface area contributed by atoms with Crippen molar-refractivity contribution in [2.75, 3.05) is 18.0 Å². The Morgan fingerprint density at radius 2 is 1.83 bits per heavy atom. The standard InChI is InChI=1S/C23H24N4O2/c28-16-18-8-6-17(7-9-18)14-22(29)25-20-11-13-27(15-20)23-24-12-10-21(26-23)19-4-2-1-3-5-19/h1-10,12,20,28H,11,13-16H2,(H,25,29). The zero-order valence-electron chi connectivity index (χ0n) is 16.2. The molecule has 0 aliphatic carbocycles. The minimum atomic E-state index is 0.00699. The highest BCUT2D eigenvalue weighted by Crippen LogP contribution is 2.21. The summed E-state index contributed by atoms with van der Waals surface area (Å²) in [5.74, 6) is 0.704. The number of benzene rings is 2. The molecular formula is C23H24N4O2. The van der Waals surface area contributed by atoms with E-state index in [0.717, 1.165) is 35.3 Å². The number of hydrogen-bond acceptors (Lipinski definition) is 5. The average Bonchev–Trinajstić information content (AvgIpc) is 3.23. The highest BCUT2D eigenvalue weighted by molar-refractivity contribution is 5.79. The largest absolute Gasteiger partial charge is 0.392 e. The van der Waals surface area contributed by atoms with Crippen molar-refractivity contribution in [3.63, 3.8) is 0 Å². The van der Waals surface area contributed by atoms with E-state index in [1.165, 1.54) is 0 Å². The van der Waals surface area contributed by atoms with Gasteiger partial charge in [0.15, 0.2) is 0 Å². The van der Waals surface area contributed by atoms with Gasteiger partial charge in [-0.15, -0.1) is 0 Å². The molecule has 1 unspecified atom stereocenters.